The van der Waals surface area contributed by atoms with Crippen molar-refractivity contribution in [1.29, 1.82) is 0 Å². The zero-order valence-electron chi connectivity index (χ0n) is 7.36. The van der Waals surface area contributed by atoms with Gasteiger partial charge < -0.3 is 10.6 Å². The largest absolute Gasteiger partial charge is 0.328 e. The summed E-state index contributed by atoms with van der Waals surface area (Å²) in [6, 6.07) is 5.85. The number of hydrogen-bond donors (Lipinski definition) is 3. The summed E-state index contributed by atoms with van der Waals surface area (Å²) in [5, 5.41) is 23.8. The lowest BCUT2D eigenvalue weighted by molar-refractivity contribution is -0.742. The first kappa shape index (κ1) is 12.6. The number of benzene rings is 1. The molecule has 0 spiro atoms. The van der Waals surface area contributed by atoms with Crippen LogP contribution in [0.25, 0.3) is 0 Å². The van der Waals surface area contributed by atoms with Gasteiger partial charge in [0, 0.05) is 17.8 Å². The average molecular weight is 216 g/mol. The van der Waals surface area contributed by atoms with Crippen LogP contribution in [-0.2, 0) is 0 Å². The summed E-state index contributed by atoms with van der Waals surface area (Å²) in [5.74, 6) is 5.06. The molecule has 0 atom stereocenters. The third kappa shape index (κ3) is 5.76. The Kier molecular flexibility index (Phi) is 5.11. The molecular weight excluding hydrogens is 208 g/mol. The van der Waals surface area contributed by atoms with Crippen LogP contribution < -0.4 is 11.3 Å². The molecule has 0 aliphatic heterocycles. The highest BCUT2D eigenvalue weighted by atomic mass is 16.9. The predicted molar refractivity (Wildman–Crippen MR) is 49.7 cm³/mol. The van der Waals surface area contributed by atoms with Crippen molar-refractivity contribution in [3.05, 3.63) is 44.5 Å². The van der Waals surface area contributed by atoms with Crippen molar-refractivity contribution >= 4 is 11.4 Å². The Bertz CT molecular complexity index is 334. The molecule has 0 fully saturated rings. The average Bonchev–Trinajstić information content (AvgIpc) is 2.17. The van der Waals surface area contributed by atoms with Crippen LogP contribution in [0.4, 0.5) is 11.4 Å². The Morgan fingerprint density at radius 2 is 1.60 bits per heavy atom. The SMILES string of the molecule is NNc1ccc([N+](=O)[O-])cc1.O=[N+]([O-])O. The maximum absolute atomic E-state index is 10.2. The van der Waals surface area contributed by atoms with Crippen molar-refractivity contribution in [2.45, 2.75) is 0 Å². The Balaban J connectivity index is 0.000000423. The van der Waals surface area contributed by atoms with Gasteiger partial charge in [0.1, 0.15) is 0 Å². The standard InChI is InChI=1S/C6H7N3O2.HNO3/c7-8-5-1-3-6(4-2-5)9(10)11;2-1(3)4/h1-4,8H,7H2;(H,2,3,4). The van der Waals surface area contributed by atoms with Gasteiger partial charge in [0.05, 0.1) is 4.92 Å². The number of non-ortho nitro benzene ring substituents is 1. The summed E-state index contributed by atoms with van der Waals surface area (Å²) in [7, 11) is 0. The van der Waals surface area contributed by atoms with Crippen LogP contribution in [0.1, 0.15) is 0 Å². The number of hydrogen-bond acceptors (Lipinski definition) is 6. The first-order chi connectivity index (χ1) is 6.97. The van der Waals surface area contributed by atoms with Crippen molar-refractivity contribution in [3.63, 3.8) is 0 Å². The monoisotopic (exact) mass is 216 g/mol. The first-order valence-corrected chi connectivity index (χ1v) is 3.51. The molecule has 0 saturated carbocycles. The van der Waals surface area contributed by atoms with Crippen LogP contribution in [0.2, 0.25) is 0 Å². The molecule has 9 nitrogen and oxygen atoms in total. The number of hydrazine groups is 1. The Morgan fingerprint density at radius 1 is 1.20 bits per heavy atom. The van der Waals surface area contributed by atoms with E-state index in [4.69, 9.17) is 21.2 Å². The third-order valence-corrected chi connectivity index (χ3v) is 1.24. The molecular formula is C6H8N4O5. The van der Waals surface area contributed by atoms with Crippen LogP contribution >= 0.6 is 0 Å². The van der Waals surface area contributed by atoms with Crippen molar-refractivity contribution in [3.8, 4) is 0 Å². The molecule has 15 heavy (non-hydrogen) atoms. The second kappa shape index (κ2) is 6.10. The highest BCUT2D eigenvalue weighted by Gasteiger charge is 2.01. The van der Waals surface area contributed by atoms with E-state index in [1.165, 1.54) is 24.3 Å². The van der Waals surface area contributed by atoms with Gasteiger partial charge in [-0.15, -0.1) is 10.1 Å². The summed E-state index contributed by atoms with van der Waals surface area (Å²) in [6.45, 7) is 0. The van der Waals surface area contributed by atoms with E-state index in [9.17, 15) is 10.1 Å². The van der Waals surface area contributed by atoms with E-state index in [-0.39, 0.29) is 5.69 Å². The Labute approximate surface area is 83.4 Å². The zero-order valence-corrected chi connectivity index (χ0v) is 7.36. The van der Waals surface area contributed by atoms with Crippen LogP contribution in [0.3, 0.4) is 0 Å². The number of nitro benzene ring substituents is 1. The van der Waals surface area contributed by atoms with Crippen molar-refractivity contribution in [2.24, 2.45) is 5.84 Å². The van der Waals surface area contributed by atoms with Crippen LogP contribution in [0, 0.1) is 20.2 Å². The smallest absolute Gasteiger partial charge is 0.291 e. The Morgan fingerprint density at radius 3 is 1.87 bits per heavy atom. The Hall–Kier alpha value is -2.42. The normalized spacial score (nSPS) is 8.33. The molecule has 1 aromatic rings. The number of nitro groups is 1. The fraction of sp³-hybridized carbons (Fsp3) is 0. The molecule has 0 heterocycles. The number of anilines is 1. The van der Waals surface area contributed by atoms with Gasteiger partial charge in [-0.25, -0.2) is 0 Å². The lowest BCUT2D eigenvalue weighted by atomic mass is 10.3. The molecule has 0 unspecified atom stereocenters. The van der Waals surface area contributed by atoms with Gasteiger partial charge in [-0.1, -0.05) is 0 Å². The summed E-state index contributed by atoms with van der Waals surface area (Å²) in [6.07, 6.45) is 0. The van der Waals surface area contributed by atoms with Gasteiger partial charge in [-0.2, -0.15) is 0 Å². The molecule has 0 bridgehead atoms. The number of nitrogens with zero attached hydrogens (tertiary/aromatic N) is 2. The van der Waals surface area contributed by atoms with Crippen molar-refractivity contribution < 1.29 is 15.2 Å². The van der Waals surface area contributed by atoms with Gasteiger partial charge in [0.25, 0.3) is 10.8 Å². The number of nitrogens with one attached hydrogen (secondary N) is 1. The molecule has 0 aliphatic rings. The van der Waals surface area contributed by atoms with Crippen LogP contribution in [0.5, 0.6) is 0 Å². The quantitative estimate of drug-likeness (QED) is 0.371. The lowest BCUT2D eigenvalue weighted by Crippen LogP contribution is -2.06. The summed E-state index contributed by atoms with van der Waals surface area (Å²) in [5.41, 5.74) is 3.08. The second-order valence-corrected chi connectivity index (χ2v) is 2.19. The molecule has 82 valence electrons. The minimum Gasteiger partial charge on any atom is -0.328 e. The minimum atomic E-state index is -1.50. The molecule has 0 saturated heterocycles. The van der Waals surface area contributed by atoms with Crippen LogP contribution in [-0.4, -0.2) is 15.2 Å². The minimum absolute atomic E-state index is 0.0593. The van der Waals surface area contributed by atoms with Crippen LogP contribution in [0.15, 0.2) is 24.3 Å². The number of rotatable bonds is 2. The number of nitrogen functional groups attached to an aromatic ring is 1. The fourth-order valence-corrected chi connectivity index (χ4v) is 0.679. The molecule has 0 aliphatic carbocycles. The van der Waals surface area contributed by atoms with Gasteiger partial charge in [0.2, 0.25) is 0 Å². The maximum atomic E-state index is 10.2. The van der Waals surface area contributed by atoms with E-state index < -0.39 is 10.0 Å². The summed E-state index contributed by atoms with van der Waals surface area (Å²) >= 11 is 0. The highest BCUT2D eigenvalue weighted by molar-refractivity contribution is 5.47. The topological polar surface area (TPSA) is 145 Å². The van der Waals surface area contributed by atoms with E-state index in [1.807, 2.05) is 0 Å². The number of nitrogens with two attached hydrogens (primary N) is 1. The van der Waals surface area contributed by atoms with Crippen molar-refractivity contribution in [2.75, 3.05) is 5.43 Å². The highest BCUT2D eigenvalue weighted by Crippen LogP contribution is 2.13. The van der Waals surface area contributed by atoms with E-state index >= 15 is 0 Å². The second-order valence-electron chi connectivity index (χ2n) is 2.19. The predicted octanol–water partition coefficient (Wildman–Crippen LogP) is 0.533. The fourth-order valence-electron chi connectivity index (χ4n) is 0.679. The molecule has 9 heteroatoms. The van der Waals surface area contributed by atoms with Crippen molar-refractivity contribution in [1.82, 2.24) is 0 Å². The molecule has 1 rings (SSSR count). The zero-order chi connectivity index (χ0) is 11.8. The van der Waals surface area contributed by atoms with E-state index in [0.717, 1.165) is 0 Å². The van der Waals surface area contributed by atoms with Gasteiger partial charge in [-0.05, 0) is 12.1 Å². The first-order valence-electron chi connectivity index (χ1n) is 3.51. The van der Waals surface area contributed by atoms with E-state index in [1.54, 1.807) is 0 Å². The summed E-state index contributed by atoms with van der Waals surface area (Å²) < 4.78 is 0. The molecule has 0 amide bonds. The molecule has 4 N–H and O–H groups in total. The maximum Gasteiger partial charge on any atom is 0.291 e. The molecule has 0 aromatic heterocycles. The van der Waals surface area contributed by atoms with E-state index in [2.05, 4.69) is 5.43 Å². The van der Waals surface area contributed by atoms with Gasteiger partial charge >= 0.3 is 0 Å². The lowest BCUT2D eigenvalue weighted by Gasteiger charge is -1.96. The molecule has 0 radical (unpaired) electrons. The van der Waals surface area contributed by atoms with E-state index in [0.29, 0.717) is 5.69 Å². The third-order valence-electron chi connectivity index (χ3n) is 1.24. The van der Waals surface area contributed by atoms with Gasteiger partial charge in [0.15, 0.2) is 0 Å². The molecule has 1 aromatic carbocycles. The van der Waals surface area contributed by atoms with Gasteiger partial charge in [-0.3, -0.25) is 16.0 Å². The summed E-state index contributed by atoms with van der Waals surface area (Å²) in [4.78, 5) is 18.1.